The van der Waals surface area contributed by atoms with Crippen LogP contribution >= 0.6 is 0 Å². The van der Waals surface area contributed by atoms with Crippen LogP contribution in [0, 0.1) is 10.1 Å². The lowest BCUT2D eigenvalue weighted by atomic mass is 10.1. The van der Waals surface area contributed by atoms with Crippen LogP contribution < -0.4 is 10.1 Å². The molecule has 0 amide bonds. The van der Waals surface area contributed by atoms with Crippen LogP contribution in [0.25, 0.3) is 0 Å². The van der Waals surface area contributed by atoms with Crippen molar-refractivity contribution in [2.24, 2.45) is 0 Å². The Morgan fingerprint density at radius 3 is 2.65 bits per heavy atom. The van der Waals surface area contributed by atoms with Gasteiger partial charge in [0, 0.05) is 12.6 Å². The molecule has 20 heavy (non-hydrogen) atoms. The summed E-state index contributed by atoms with van der Waals surface area (Å²) in [6, 6.07) is 3.07. The molecular weight excluding hydrogens is 258 g/mol. The highest BCUT2D eigenvalue weighted by atomic mass is 16.6. The maximum absolute atomic E-state index is 11.1. The average Bonchev–Trinajstić information content (AvgIpc) is 2.68. The fraction of sp³-hybridized carbons (Fsp3) is 0.643. The fourth-order valence-corrected chi connectivity index (χ4v) is 2.46. The zero-order valence-corrected chi connectivity index (χ0v) is 11.8. The first-order chi connectivity index (χ1) is 9.70. The molecule has 1 heterocycles. The Balaban J connectivity index is 2.17. The molecule has 0 spiro atoms. The number of pyridine rings is 1. The van der Waals surface area contributed by atoms with Crippen molar-refractivity contribution in [3.05, 3.63) is 22.2 Å². The molecule has 1 aromatic heterocycles. The fourth-order valence-electron chi connectivity index (χ4n) is 2.46. The van der Waals surface area contributed by atoms with Gasteiger partial charge in [-0.05, 0) is 38.7 Å². The molecule has 0 radical (unpaired) electrons. The third-order valence-corrected chi connectivity index (χ3v) is 3.48. The number of nitrogens with zero attached hydrogens (tertiary/aromatic N) is 2. The van der Waals surface area contributed by atoms with Crippen LogP contribution in [0.5, 0.6) is 5.88 Å². The average molecular weight is 279 g/mol. The molecule has 1 aliphatic rings. The van der Waals surface area contributed by atoms with Gasteiger partial charge in [-0.2, -0.15) is 4.98 Å². The quantitative estimate of drug-likeness (QED) is 0.507. The van der Waals surface area contributed by atoms with Gasteiger partial charge in [0.1, 0.15) is 11.9 Å². The van der Waals surface area contributed by atoms with Crippen LogP contribution in [0.2, 0.25) is 0 Å². The molecular formula is C14H21N3O3. The van der Waals surface area contributed by atoms with Gasteiger partial charge in [0.05, 0.1) is 4.92 Å². The van der Waals surface area contributed by atoms with Crippen LogP contribution in [-0.4, -0.2) is 22.6 Å². The van der Waals surface area contributed by atoms with E-state index in [9.17, 15) is 10.1 Å². The van der Waals surface area contributed by atoms with Crippen molar-refractivity contribution in [2.75, 3.05) is 11.9 Å². The van der Waals surface area contributed by atoms with E-state index in [0.29, 0.717) is 12.4 Å². The Morgan fingerprint density at radius 1 is 1.35 bits per heavy atom. The zero-order valence-electron chi connectivity index (χ0n) is 11.8. The van der Waals surface area contributed by atoms with Gasteiger partial charge in [-0.3, -0.25) is 10.1 Å². The van der Waals surface area contributed by atoms with Crippen molar-refractivity contribution in [1.29, 1.82) is 0 Å². The first-order valence-corrected chi connectivity index (χ1v) is 7.26. The number of nitro groups is 1. The van der Waals surface area contributed by atoms with Gasteiger partial charge >= 0.3 is 5.69 Å². The molecule has 6 heteroatoms. The van der Waals surface area contributed by atoms with Crippen LogP contribution in [0.15, 0.2) is 12.1 Å². The van der Waals surface area contributed by atoms with Gasteiger partial charge in [-0.15, -0.1) is 0 Å². The second-order valence-electron chi connectivity index (χ2n) is 5.04. The van der Waals surface area contributed by atoms with E-state index in [1.807, 2.05) is 6.92 Å². The lowest BCUT2D eigenvalue weighted by molar-refractivity contribution is -0.386. The number of ether oxygens (including phenoxy) is 1. The lowest BCUT2D eigenvalue weighted by Crippen LogP contribution is -2.17. The Bertz CT molecular complexity index is 457. The summed E-state index contributed by atoms with van der Waals surface area (Å²) in [4.78, 5) is 14.9. The normalized spacial score (nSPS) is 16.4. The molecule has 0 aromatic carbocycles. The topological polar surface area (TPSA) is 77.3 Å². The first kappa shape index (κ1) is 14.6. The van der Waals surface area contributed by atoms with Crippen LogP contribution in [0.4, 0.5) is 11.5 Å². The molecule has 1 aliphatic carbocycles. The number of aromatic nitrogens is 1. The number of rotatable bonds is 5. The highest BCUT2D eigenvalue weighted by Crippen LogP contribution is 2.30. The molecule has 2 rings (SSSR count). The van der Waals surface area contributed by atoms with Crippen molar-refractivity contribution in [2.45, 2.75) is 51.6 Å². The third-order valence-electron chi connectivity index (χ3n) is 3.48. The number of hydrogen-bond donors (Lipinski definition) is 1. The molecule has 0 saturated heterocycles. The van der Waals surface area contributed by atoms with Crippen molar-refractivity contribution in [3.63, 3.8) is 0 Å². The van der Waals surface area contributed by atoms with Crippen molar-refractivity contribution in [3.8, 4) is 5.88 Å². The minimum absolute atomic E-state index is 0.0422. The number of anilines is 1. The molecule has 6 nitrogen and oxygen atoms in total. The summed E-state index contributed by atoms with van der Waals surface area (Å²) < 4.78 is 5.82. The summed E-state index contributed by atoms with van der Waals surface area (Å²) in [5.41, 5.74) is -0.0594. The highest BCUT2D eigenvalue weighted by Gasteiger charge is 2.22. The summed E-state index contributed by atoms with van der Waals surface area (Å²) in [6.07, 6.45) is 6.60. The van der Waals surface area contributed by atoms with E-state index in [1.54, 1.807) is 6.07 Å². The van der Waals surface area contributed by atoms with E-state index in [-0.39, 0.29) is 17.7 Å². The molecule has 110 valence electrons. The smallest absolute Gasteiger partial charge is 0.331 e. The maximum atomic E-state index is 11.1. The summed E-state index contributed by atoms with van der Waals surface area (Å²) in [5, 5.41) is 14.1. The minimum Gasteiger partial charge on any atom is -0.469 e. The molecule has 1 aromatic rings. The first-order valence-electron chi connectivity index (χ1n) is 7.26. The highest BCUT2D eigenvalue weighted by molar-refractivity contribution is 5.49. The number of hydrogen-bond acceptors (Lipinski definition) is 5. The number of nitrogens with one attached hydrogen (secondary N) is 1. The van der Waals surface area contributed by atoms with Gasteiger partial charge in [0.15, 0.2) is 0 Å². The largest absolute Gasteiger partial charge is 0.469 e. The molecule has 0 atom stereocenters. The van der Waals surface area contributed by atoms with Gasteiger partial charge < -0.3 is 10.1 Å². The van der Waals surface area contributed by atoms with E-state index in [0.717, 1.165) is 25.7 Å². The van der Waals surface area contributed by atoms with Gasteiger partial charge in [-0.1, -0.05) is 12.8 Å². The van der Waals surface area contributed by atoms with E-state index in [2.05, 4.69) is 10.3 Å². The predicted molar refractivity (Wildman–Crippen MR) is 77.2 cm³/mol. The molecule has 1 saturated carbocycles. The van der Waals surface area contributed by atoms with E-state index < -0.39 is 4.92 Å². The van der Waals surface area contributed by atoms with E-state index >= 15 is 0 Å². The Hall–Kier alpha value is -1.85. The summed E-state index contributed by atoms with van der Waals surface area (Å²) >= 11 is 0. The SMILES string of the molecule is CCNc1ccc([N+](=O)[O-])c(OC2CCCCCC2)n1. The molecule has 1 N–H and O–H groups in total. The molecule has 0 aliphatic heterocycles. The van der Waals surface area contributed by atoms with Crippen molar-refractivity contribution in [1.82, 2.24) is 4.98 Å². The van der Waals surface area contributed by atoms with E-state index in [4.69, 9.17) is 4.74 Å². The second kappa shape index (κ2) is 7.07. The van der Waals surface area contributed by atoms with Crippen molar-refractivity contribution >= 4 is 11.5 Å². The van der Waals surface area contributed by atoms with E-state index in [1.165, 1.54) is 18.9 Å². The Kier molecular flexibility index (Phi) is 5.15. The molecule has 1 fully saturated rings. The maximum Gasteiger partial charge on any atom is 0.331 e. The predicted octanol–water partition coefficient (Wildman–Crippen LogP) is 3.52. The Labute approximate surface area is 118 Å². The molecule has 0 unspecified atom stereocenters. The van der Waals surface area contributed by atoms with Crippen LogP contribution in [-0.2, 0) is 0 Å². The second-order valence-corrected chi connectivity index (χ2v) is 5.04. The summed E-state index contributed by atoms with van der Waals surface area (Å²) in [6.45, 7) is 2.67. The minimum atomic E-state index is -0.436. The monoisotopic (exact) mass is 279 g/mol. The third kappa shape index (κ3) is 3.82. The lowest BCUT2D eigenvalue weighted by Gasteiger charge is -2.16. The summed E-state index contributed by atoms with van der Waals surface area (Å²) in [5.74, 6) is 0.752. The van der Waals surface area contributed by atoms with Gasteiger partial charge in [-0.25, -0.2) is 0 Å². The van der Waals surface area contributed by atoms with Crippen LogP contribution in [0.1, 0.15) is 45.4 Å². The van der Waals surface area contributed by atoms with Crippen LogP contribution in [0.3, 0.4) is 0 Å². The summed E-state index contributed by atoms with van der Waals surface area (Å²) in [7, 11) is 0. The standard InChI is InChI=1S/C14H21N3O3/c1-2-15-13-10-9-12(17(18)19)14(16-13)20-11-7-5-3-4-6-8-11/h9-11H,2-8H2,1H3,(H,15,16). The molecule has 0 bridgehead atoms. The zero-order chi connectivity index (χ0) is 14.4. The van der Waals surface area contributed by atoms with Gasteiger partial charge in [0.2, 0.25) is 0 Å². The van der Waals surface area contributed by atoms with Crippen molar-refractivity contribution < 1.29 is 9.66 Å². The van der Waals surface area contributed by atoms with Gasteiger partial charge in [0.25, 0.3) is 5.88 Å². The Morgan fingerprint density at radius 2 is 2.05 bits per heavy atom.